The first kappa shape index (κ1) is 15.3. The van der Waals surface area contributed by atoms with E-state index < -0.39 is 0 Å². The molecule has 0 aliphatic heterocycles. The first-order valence-electron chi connectivity index (χ1n) is 6.96. The van der Waals surface area contributed by atoms with E-state index in [4.69, 9.17) is 19.7 Å². The van der Waals surface area contributed by atoms with E-state index in [0.717, 1.165) is 29.9 Å². The van der Waals surface area contributed by atoms with Crippen LogP contribution in [0.15, 0.2) is 22.7 Å². The average Bonchev–Trinajstić information content (AvgIpc) is 2.91. The van der Waals surface area contributed by atoms with Gasteiger partial charge in [-0.1, -0.05) is 18.1 Å². The van der Waals surface area contributed by atoms with Crippen LogP contribution in [0.25, 0.3) is 0 Å². The van der Waals surface area contributed by atoms with Crippen LogP contribution in [0.3, 0.4) is 0 Å². The zero-order chi connectivity index (χ0) is 15.2. The van der Waals surface area contributed by atoms with Crippen molar-refractivity contribution in [1.82, 2.24) is 10.1 Å². The van der Waals surface area contributed by atoms with Crippen molar-refractivity contribution in [1.29, 1.82) is 0 Å². The minimum Gasteiger partial charge on any atom is -0.497 e. The molecule has 0 saturated heterocycles. The van der Waals surface area contributed by atoms with Gasteiger partial charge in [0.1, 0.15) is 11.5 Å². The molecule has 1 aromatic carbocycles. The highest BCUT2D eigenvalue weighted by molar-refractivity contribution is 5.41. The maximum Gasteiger partial charge on any atom is 0.264 e. The van der Waals surface area contributed by atoms with Crippen molar-refractivity contribution in [3.8, 4) is 11.5 Å². The molecule has 1 aromatic heterocycles. The predicted octanol–water partition coefficient (Wildman–Crippen LogP) is 2.25. The quantitative estimate of drug-likeness (QED) is 0.842. The van der Waals surface area contributed by atoms with Crippen LogP contribution in [-0.4, -0.2) is 23.3 Å². The molecule has 0 spiro atoms. The summed E-state index contributed by atoms with van der Waals surface area (Å²) in [5.41, 5.74) is 7.07. The average molecular weight is 291 g/mol. The Hall–Kier alpha value is -2.08. The zero-order valence-corrected chi connectivity index (χ0v) is 12.6. The lowest BCUT2D eigenvalue weighted by Crippen LogP contribution is -2.21. The standard InChI is InChI=1S/C15H21N3O3/c1-4-12(16)7-11-5-6-13(19-3)8-14(11)20-9-15-17-10(2)18-21-15/h5-6,8,12H,4,7,9,16H2,1-3H3. The zero-order valence-electron chi connectivity index (χ0n) is 12.6. The van der Waals surface area contributed by atoms with Crippen LogP contribution in [0.2, 0.25) is 0 Å². The van der Waals surface area contributed by atoms with Crippen LogP contribution in [0.1, 0.15) is 30.6 Å². The maximum atomic E-state index is 6.03. The van der Waals surface area contributed by atoms with Crippen molar-refractivity contribution < 1.29 is 14.0 Å². The van der Waals surface area contributed by atoms with Gasteiger partial charge in [0, 0.05) is 12.1 Å². The Labute approximate surface area is 124 Å². The SMILES string of the molecule is CCC(N)Cc1ccc(OC)cc1OCc1nc(C)no1. The minimum atomic E-state index is 0.103. The number of nitrogens with zero attached hydrogens (tertiary/aromatic N) is 2. The summed E-state index contributed by atoms with van der Waals surface area (Å²) in [4.78, 5) is 4.12. The molecule has 0 amide bonds. The number of nitrogens with two attached hydrogens (primary N) is 1. The molecule has 0 saturated carbocycles. The molecule has 6 heteroatoms. The fourth-order valence-corrected chi connectivity index (χ4v) is 1.93. The lowest BCUT2D eigenvalue weighted by Gasteiger charge is -2.14. The van der Waals surface area contributed by atoms with Gasteiger partial charge in [0.05, 0.1) is 7.11 Å². The Morgan fingerprint density at radius 2 is 2.19 bits per heavy atom. The second-order valence-electron chi connectivity index (χ2n) is 4.87. The monoisotopic (exact) mass is 291 g/mol. The van der Waals surface area contributed by atoms with Crippen molar-refractivity contribution in [2.45, 2.75) is 39.3 Å². The lowest BCUT2D eigenvalue weighted by molar-refractivity contribution is 0.239. The number of aryl methyl sites for hydroxylation is 1. The first-order valence-corrected chi connectivity index (χ1v) is 6.96. The van der Waals surface area contributed by atoms with E-state index >= 15 is 0 Å². The molecule has 0 fully saturated rings. The highest BCUT2D eigenvalue weighted by Crippen LogP contribution is 2.26. The van der Waals surface area contributed by atoms with E-state index in [1.165, 1.54) is 0 Å². The molecule has 0 radical (unpaired) electrons. The summed E-state index contributed by atoms with van der Waals surface area (Å²) in [6, 6.07) is 5.83. The maximum absolute atomic E-state index is 6.03. The number of rotatable bonds is 7. The van der Waals surface area contributed by atoms with Crippen molar-refractivity contribution in [2.24, 2.45) is 5.73 Å². The van der Waals surface area contributed by atoms with Crippen molar-refractivity contribution in [3.05, 3.63) is 35.5 Å². The van der Waals surface area contributed by atoms with Gasteiger partial charge in [-0.2, -0.15) is 4.98 Å². The third-order valence-corrected chi connectivity index (χ3v) is 3.20. The van der Waals surface area contributed by atoms with E-state index in [1.54, 1.807) is 14.0 Å². The third-order valence-electron chi connectivity index (χ3n) is 3.20. The number of benzene rings is 1. The van der Waals surface area contributed by atoms with Gasteiger partial charge in [0.25, 0.3) is 5.89 Å². The Morgan fingerprint density at radius 1 is 1.38 bits per heavy atom. The number of hydrogen-bond acceptors (Lipinski definition) is 6. The number of methoxy groups -OCH3 is 1. The highest BCUT2D eigenvalue weighted by atomic mass is 16.5. The van der Waals surface area contributed by atoms with Gasteiger partial charge in [-0.15, -0.1) is 0 Å². The van der Waals surface area contributed by atoms with E-state index in [-0.39, 0.29) is 12.6 Å². The number of ether oxygens (including phenoxy) is 2. The third kappa shape index (κ3) is 4.19. The van der Waals surface area contributed by atoms with Gasteiger partial charge in [-0.25, -0.2) is 0 Å². The molecular weight excluding hydrogens is 270 g/mol. The molecule has 2 aromatic rings. The summed E-state index contributed by atoms with van der Waals surface area (Å²) in [6.07, 6.45) is 1.66. The second-order valence-corrected chi connectivity index (χ2v) is 4.87. The Balaban J connectivity index is 2.13. The van der Waals surface area contributed by atoms with Crippen molar-refractivity contribution >= 4 is 0 Å². The van der Waals surface area contributed by atoms with E-state index in [0.29, 0.717) is 11.7 Å². The molecule has 0 aliphatic rings. The molecule has 21 heavy (non-hydrogen) atoms. The van der Waals surface area contributed by atoms with Crippen molar-refractivity contribution in [2.75, 3.05) is 7.11 Å². The lowest BCUT2D eigenvalue weighted by atomic mass is 10.0. The fourth-order valence-electron chi connectivity index (χ4n) is 1.93. The summed E-state index contributed by atoms with van der Waals surface area (Å²) in [6.45, 7) is 4.06. The van der Waals surface area contributed by atoms with Crippen molar-refractivity contribution in [3.63, 3.8) is 0 Å². The normalized spacial score (nSPS) is 12.2. The summed E-state index contributed by atoms with van der Waals surface area (Å²) >= 11 is 0. The van der Waals surface area contributed by atoms with Gasteiger partial charge in [0.2, 0.25) is 0 Å². The summed E-state index contributed by atoms with van der Waals surface area (Å²) in [5, 5.41) is 3.74. The minimum absolute atomic E-state index is 0.103. The second kappa shape index (κ2) is 7.08. The molecule has 6 nitrogen and oxygen atoms in total. The fraction of sp³-hybridized carbons (Fsp3) is 0.467. The van der Waals surface area contributed by atoms with Crippen LogP contribution < -0.4 is 15.2 Å². The molecule has 1 unspecified atom stereocenters. The topological polar surface area (TPSA) is 83.4 Å². The molecule has 0 aliphatic carbocycles. The van der Waals surface area contributed by atoms with Gasteiger partial charge < -0.3 is 19.7 Å². The molecule has 1 atom stereocenters. The van der Waals surface area contributed by atoms with Crippen LogP contribution >= 0.6 is 0 Å². The van der Waals surface area contributed by atoms with Gasteiger partial charge in [-0.3, -0.25) is 0 Å². The van der Waals surface area contributed by atoms with Crippen LogP contribution in [0.4, 0.5) is 0 Å². The van der Waals surface area contributed by atoms with Crippen LogP contribution in [-0.2, 0) is 13.0 Å². The number of hydrogen-bond donors (Lipinski definition) is 1. The Bertz CT molecular complexity index is 583. The summed E-state index contributed by atoms with van der Waals surface area (Å²) in [5.74, 6) is 2.50. The first-order chi connectivity index (χ1) is 10.1. The van der Waals surface area contributed by atoms with Gasteiger partial charge in [0.15, 0.2) is 12.4 Å². The Kier molecular flexibility index (Phi) is 5.16. The largest absolute Gasteiger partial charge is 0.497 e. The van der Waals surface area contributed by atoms with Gasteiger partial charge in [-0.05, 0) is 31.4 Å². The summed E-state index contributed by atoms with van der Waals surface area (Å²) < 4.78 is 16.1. The van der Waals surface area contributed by atoms with E-state index in [1.807, 2.05) is 18.2 Å². The van der Waals surface area contributed by atoms with E-state index in [2.05, 4.69) is 17.1 Å². The number of aromatic nitrogens is 2. The highest BCUT2D eigenvalue weighted by Gasteiger charge is 2.11. The van der Waals surface area contributed by atoms with E-state index in [9.17, 15) is 0 Å². The molecule has 2 rings (SSSR count). The van der Waals surface area contributed by atoms with Crippen LogP contribution in [0.5, 0.6) is 11.5 Å². The van der Waals surface area contributed by atoms with Gasteiger partial charge >= 0.3 is 0 Å². The predicted molar refractivity (Wildman–Crippen MR) is 78.3 cm³/mol. The molecular formula is C15H21N3O3. The van der Waals surface area contributed by atoms with Crippen LogP contribution in [0, 0.1) is 6.92 Å². The smallest absolute Gasteiger partial charge is 0.264 e. The summed E-state index contributed by atoms with van der Waals surface area (Å²) in [7, 11) is 1.62. The molecule has 2 N–H and O–H groups in total. The molecule has 0 bridgehead atoms. The molecule has 114 valence electrons. The Morgan fingerprint density at radius 3 is 2.81 bits per heavy atom. The molecule has 1 heterocycles.